The van der Waals surface area contributed by atoms with Gasteiger partial charge in [0.25, 0.3) is 5.91 Å². The predicted molar refractivity (Wildman–Crippen MR) is 83.3 cm³/mol. The molecule has 1 aromatic carbocycles. The highest BCUT2D eigenvalue weighted by molar-refractivity contribution is 5.91. The van der Waals surface area contributed by atoms with Crippen LogP contribution < -0.4 is 5.32 Å². The third-order valence-electron chi connectivity index (χ3n) is 3.63. The number of furan rings is 1. The zero-order valence-corrected chi connectivity index (χ0v) is 12.8. The first kappa shape index (κ1) is 15.8. The first-order valence-electron chi connectivity index (χ1n) is 7.22. The quantitative estimate of drug-likeness (QED) is 0.892. The zero-order chi connectivity index (χ0) is 15.9. The molecule has 1 aromatic heterocycles. The van der Waals surface area contributed by atoms with Gasteiger partial charge in [0, 0.05) is 20.0 Å². The van der Waals surface area contributed by atoms with Crippen LogP contribution in [0.15, 0.2) is 53.1 Å². The van der Waals surface area contributed by atoms with Gasteiger partial charge in [0.05, 0.1) is 12.3 Å². The van der Waals surface area contributed by atoms with Crippen LogP contribution in [-0.4, -0.2) is 30.3 Å². The van der Waals surface area contributed by atoms with Crippen molar-refractivity contribution in [2.75, 3.05) is 13.6 Å². The van der Waals surface area contributed by atoms with E-state index in [1.165, 1.54) is 6.26 Å². The van der Waals surface area contributed by atoms with Crippen LogP contribution in [-0.2, 0) is 4.79 Å². The summed E-state index contributed by atoms with van der Waals surface area (Å²) in [6.07, 6.45) is 1.69. The van der Waals surface area contributed by atoms with Crippen molar-refractivity contribution >= 4 is 11.8 Å². The number of carbonyl (C=O) groups excluding carboxylic acids is 2. The molecule has 0 spiro atoms. The molecular weight excluding hydrogens is 280 g/mol. The topological polar surface area (TPSA) is 62.6 Å². The number of amides is 2. The Balaban J connectivity index is 1.80. The molecule has 0 saturated heterocycles. The highest BCUT2D eigenvalue weighted by atomic mass is 16.3. The van der Waals surface area contributed by atoms with E-state index in [0.717, 1.165) is 5.56 Å². The lowest BCUT2D eigenvalue weighted by Gasteiger charge is -2.25. The van der Waals surface area contributed by atoms with E-state index < -0.39 is 0 Å². The third-order valence-corrected chi connectivity index (χ3v) is 3.63. The minimum absolute atomic E-state index is 0.00512. The van der Waals surface area contributed by atoms with Crippen LogP contribution in [0.2, 0.25) is 0 Å². The SMILES string of the molecule is CC(c1ccccc1)N(C)C(=O)CCNC(=O)c1ccco1. The normalized spacial score (nSPS) is 11.7. The largest absolute Gasteiger partial charge is 0.459 e. The van der Waals surface area contributed by atoms with Crippen molar-refractivity contribution in [1.29, 1.82) is 0 Å². The molecule has 5 nitrogen and oxygen atoms in total. The standard InChI is InChI=1S/C17H20N2O3/c1-13(14-7-4-3-5-8-14)19(2)16(20)10-11-18-17(21)15-9-6-12-22-15/h3-9,12-13H,10-11H2,1-2H3,(H,18,21). The van der Waals surface area contributed by atoms with E-state index in [4.69, 9.17) is 4.42 Å². The average Bonchev–Trinajstić information content (AvgIpc) is 3.08. The molecule has 1 N–H and O–H groups in total. The van der Waals surface area contributed by atoms with Crippen molar-refractivity contribution in [2.24, 2.45) is 0 Å². The van der Waals surface area contributed by atoms with Crippen LogP contribution in [0.25, 0.3) is 0 Å². The van der Waals surface area contributed by atoms with Gasteiger partial charge in [-0.2, -0.15) is 0 Å². The summed E-state index contributed by atoms with van der Waals surface area (Å²) in [5, 5.41) is 2.67. The molecule has 22 heavy (non-hydrogen) atoms. The maximum atomic E-state index is 12.2. The Kier molecular flexibility index (Phi) is 5.36. The van der Waals surface area contributed by atoms with Gasteiger partial charge in [-0.05, 0) is 24.6 Å². The Labute approximate surface area is 129 Å². The Bertz CT molecular complexity index is 608. The molecule has 1 unspecified atom stereocenters. The molecule has 2 rings (SSSR count). The van der Waals surface area contributed by atoms with Crippen LogP contribution in [0.1, 0.15) is 35.5 Å². The summed E-state index contributed by atoms with van der Waals surface area (Å²) in [6, 6.07) is 13.1. The lowest BCUT2D eigenvalue weighted by atomic mass is 10.1. The molecule has 0 aliphatic rings. The molecular formula is C17H20N2O3. The van der Waals surface area contributed by atoms with Gasteiger partial charge < -0.3 is 14.6 Å². The zero-order valence-electron chi connectivity index (χ0n) is 12.8. The first-order valence-corrected chi connectivity index (χ1v) is 7.22. The van der Waals surface area contributed by atoms with Crippen LogP contribution in [0.5, 0.6) is 0 Å². The second-order valence-corrected chi connectivity index (χ2v) is 5.07. The van der Waals surface area contributed by atoms with E-state index in [2.05, 4.69) is 5.32 Å². The molecule has 0 aliphatic heterocycles. The average molecular weight is 300 g/mol. The molecule has 0 bridgehead atoms. The molecule has 0 fully saturated rings. The van der Waals surface area contributed by atoms with E-state index >= 15 is 0 Å². The van der Waals surface area contributed by atoms with E-state index in [1.807, 2.05) is 37.3 Å². The van der Waals surface area contributed by atoms with Crippen LogP contribution in [0, 0.1) is 0 Å². The maximum absolute atomic E-state index is 12.2. The van der Waals surface area contributed by atoms with Gasteiger partial charge in [0.2, 0.25) is 5.91 Å². The summed E-state index contributed by atoms with van der Waals surface area (Å²) in [5.41, 5.74) is 1.08. The highest BCUT2D eigenvalue weighted by Gasteiger charge is 2.17. The minimum atomic E-state index is -0.309. The number of hydrogen-bond acceptors (Lipinski definition) is 3. The van der Waals surface area contributed by atoms with Crippen molar-refractivity contribution in [3.63, 3.8) is 0 Å². The van der Waals surface area contributed by atoms with Crippen molar-refractivity contribution < 1.29 is 14.0 Å². The molecule has 0 saturated carbocycles. The van der Waals surface area contributed by atoms with Crippen LogP contribution in [0.3, 0.4) is 0 Å². The molecule has 1 atom stereocenters. The van der Waals surface area contributed by atoms with Gasteiger partial charge in [-0.25, -0.2) is 0 Å². The number of nitrogens with one attached hydrogen (secondary N) is 1. The molecule has 0 radical (unpaired) electrons. The monoisotopic (exact) mass is 300 g/mol. The Morgan fingerprint density at radius 3 is 2.55 bits per heavy atom. The second-order valence-electron chi connectivity index (χ2n) is 5.07. The van der Waals surface area contributed by atoms with Crippen LogP contribution >= 0.6 is 0 Å². The lowest BCUT2D eigenvalue weighted by Crippen LogP contribution is -2.33. The minimum Gasteiger partial charge on any atom is -0.459 e. The van der Waals surface area contributed by atoms with Gasteiger partial charge in [-0.1, -0.05) is 30.3 Å². The van der Waals surface area contributed by atoms with Crippen molar-refractivity contribution in [3.05, 3.63) is 60.1 Å². The molecule has 1 heterocycles. The predicted octanol–water partition coefficient (Wildman–Crippen LogP) is 2.62. The van der Waals surface area contributed by atoms with E-state index in [0.29, 0.717) is 0 Å². The highest BCUT2D eigenvalue weighted by Crippen LogP contribution is 2.18. The van der Waals surface area contributed by atoms with Gasteiger partial charge in [0.1, 0.15) is 0 Å². The molecule has 116 valence electrons. The number of rotatable bonds is 6. The van der Waals surface area contributed by atoms with Crippen LogP contribution in [0.4, 0.5) is 0 Å². The van der Waals surface area contributed by atoms with Crippen molar-refractivity contribution in [2.45, 2.75) is 19.4 Å². The maximum Gasteiger partial charge on any atom is 0.286 e. The van der Waals surface area contributed by atoms with Crippen molar-refractivity contribution in [3.8, 4) is 0 Å². The summed E-state index contributed by atoms with van der Waals surface area (Å²) in [4.78, 5) is 25.5. The summed E-state index contributed by atoms with van der Waals surface area (Å²) >= 11 is 0. The molecule has 5 heteroatoms. The molecule has 0 aliphatic carbocycles. The summed E-state index contributed by atoms with van der Waals surface area (Å²) in [6.45, 7) is 2.26. The fourth-order valence-corrected chi connectivity index (χ4v) is 2.13. The molecule has 2 amide bonds. The smallest absolute Gasteiger partial charge is 0.286 e. The van der Waals surface area contributed by atoms with Gasteiger partial charge >= 0.3 is 0 Å². The number of carbonyl (C=O) groups is 2. The Hall–Kier alpha value is -2.56. The summed E-state index contributed by atoms with van der Waals surface area (Å²) in [5.74, 6) is -0.0777. The van der Waals surface area contributed by atoms with Gasteiger partial charge in [0.15, 0.2) is 5.76 Å². The Morgan fingerprint density at radius 2 is 1.91 bits per heavy atom. The van der Waals surface area contributed by atoms with E-state index in [-0.39, 0.29) is 36.6 Å². The first-order chi connectivity index (χ1) is 10.6. The number of nitrogens with zero attached hydrogens (tertiary/aromatic N) is 1. The molecule has 2 aromatic rings. The van der Waals surface area contributed by atoms with Crippen molar-refractivity contribution in [1.82, 2.24) is 10.2 Å². The number of benzene rings is 1. The van der Waals surface area contributed by atoms with E-state index in [1.54, 1.807) is 24.1 Å². The van der Waals surface area contributed by atoms with Gasteiger partial charge in [-0.3, -0.25) is 9.59 Å². The Morgan fingerprint density at radius 1 is 1.18 bits per heavy atom. The lowest BCUT2D eigenvalue weighted by molar-refractivity contribution is -0.131. The summed E-state index contributed by atoms with van der Waals surface area (Å²) < 4.78 is 4.99. The summed E-state index contributed by atoms with van der Waals surface area (Å²) in [7, 11) is 1.77. The van der Waals surface area contributed by atoms with Gasteiger partial charge in [-0.15, -0.1) is 0 Å². The third kappa shape index (κ3) is 3.97. The number of hydrogen-bond donors (Lipinski definition) is 1. The fourth-order valence-electron chi connectivity index (χ4n) is 2.13. The fraction of sp³-hybridized carbons (Fsp3) is 0.294. The van der Waals surface area contributed by atoms with E-state index in [9.17, 15) is 9.59 Å². The second kappa shape index (κ2) is 7.45.